The number of rotatable bonds is 7. The Kier molecular flexibility index (Phi) is 5.49. The van der Waals surface area contributed by atoms with E-state index < -0.39 is 0 Å². The molecule has 130 valence electrons. The van der Waals surface area contributed by atoms with Gasteiger partial charge in [-0.15, -0.1) is 0 Å². The van der Waals surface area contributed by atoms with E-state index >= 15 is 0 Å². The number of carbonyl (C=O) groups is 2. The van der Waals surface area contributed by atoms with E-state index in [0.29, 0.717) is 18.0 Å². The third-order valence-corrected chi connectivity index (χ3v) is 4.56. The van der Waals surface area contributed by atoms with Crippen LogP contribution in [0.15, 0.2) is 54.6 Å². The quantitative estimate of drug-likeness (QED) is 0.816. The molecule has 1 aliphatic rings. The van der Waals surface area contributed by atoms with E-state index in [0.717, 1.165) is 12.0 Å². The van der Waals surface area contributed by atoms with Gasteiger partial charge in [0.15, 0.2) is 0 Å². The Morgan fingerprint density at radius 2 is 1.68 bits per heavy atom. The van der Waals surface area contributed by atoms with Crippen LogP contribution in [-0.4, -0.2) is 17.9 Å². The van der Waals surface area contributed by atoms with Gasteiger partial charge in [-0.2, -0.15) is 0 Å². The minimum Gasteiger partial charge on any atom is -0.352 e. The van der Waals surface area contributed by atoms with Gasteiger partial charge in [0.05, 0.1) is 0 Å². The van der Waals surface area contributed by atoms with Crippen molar-refractivity contribution in [2.75, 3.05) is 0 Å². The fourth-order valence-corrected chi connectivity index (χ4v) is 2.95. The lowest BCUT2D eigenvalue weighted by atomic mass is 10.0. The highest BCUT2D eigenvalue weighted by atomic mass is 16.2. The van der Waals surface area contributed by atoms with Crippen molar-refractivity contribution in [3.8, 4) is 0 Å². The maximum Gasteiger partial charge on any atom is 0.251 e. The average Bonchev–Trinajstić information content (AvgIpc) is 3.46. The summed E-state index contributed by atoms with van der Waals surface area (Å²) in [5, 5.41) is 5.96. The Morgan fingerprint density at radius 3 is 2.28 bits per heavy atom. The summed E-state index contributed by atoms with van der Waals surface area (Å²) in [6, 6.07) is 17.9. The highest BCUT2D eigenvalue weighted by Crippen LogP contribution is 2.34. The molecule has 2 amide bonds. The molecule has 0 heterocycles. The molecule has 4 nitrogen and oxygen atoms in total. The Morgan fingerprint density at radius 1 is 1.00 bits per heavy atom. The van der Waals surface area contributed by atoms with Crippen molar-refractivity contribution >= 4 is 11.8 Å². The van der Waals surface area contributed by atoms with Gasteiger partial charge in [-0.25, -0.2) is 0 Å². The number of amides is 2. The predicted octanol–water partition coefficient (Wildman–Crippen LogP) is 3.07. The monoisotopic (exact) mass is 336 g/mol. The highest BCUT2D eigenvalue weighted by Gasteiger charge is 2.32. The third-order valence-electron chi connectivity index (χ3n) is 4.56. The molecule has 2 aromatic carbocycles. The van der Waals surface area contributed by atoms with E-state index in [2.05, 4.69) is 22.8 Å². The van der Waals surface area contributed by atoms with E-state index in [1.807, 2.05) is 42.5 Å². The zero-order chi connectivity index (χ0) is 17.6. The van der Waals surface area contributed by atoms with Crippen LogP contribution in [0.5, 0.6) is 0 Å². The van der Waals surface area contributed by atoms with Crippen LogP contribution in [-0.2, 0) is 17.8 Å². The van der Waals surface area contributed by atoms with Gasteiger partial charge in [-0.05, 0) is 48.4 Å². The predicted molar refractivity (Wildman–Crippen MR) is 98.1 cm³/mol. The van der Waals surface area contributed by atoms with Crippen LogP contribution in [0.3, 0.4) is 0 Å². The molecule has 1 saturated carbocycles. The zero-order valence-electron chi connectivity index (χ0n) is 14.5. The molecule has 0 radical (unpaired) electrons. The number of benzene rings is 2. The standard InChI is InChI=1S/C21H24N2O2/c1-15(24)22-14-17-7-9-19(10-8-17)21(25)23-20(18-11-12-18)13-16-5-3-2-4-6-16/h2-10,18,20H,11-14H2,1H3,(H,22,24)(H,23,25)/t20-/m1/s1. The smallest absolute Gasteiger partial charge is 0.251 e. The van der Waals surface area contributed by atoms with Gasteiger partial charge in [-0.3, -0.25) is 9.59 Å². The van der Waals surface area contributed by atoms with Crippen molar-refractivity contribution in [2.45, 2.75) is 38.8 Å². The fraction of sp³-hybridized carbons (Fsp3) is 0.333. The summed E-state index contributed by atoms with van der Waals surface area (Å²) in [5.74, 6) is 0.497. The van der Waals surface area contributed by atoms with Crippen LogP contribution in [0.4, 0.5) is 0 Å². The van der Waals surface area contributed by atoms with Gasteiger partial charge < -0.3 is 10.6 Å². The van der Waals surface area contributed by atoms with E-state index in [-0.39, 0.29) is 17.9 Å². The highest BCUT2D eigenvalue weighted by molar-refractivity contribution is 5.94. The second-order valence-corrected chi connectivity index (χ2v) is 6.71. The molecule has 0 aliphatic heterocycles. The molecule has 1 atom stereocenters. The summed E-state index contributed by atoms with van der Waals surface area (Å²) >= 11 is 0. The molecule has 25 heavy (non-hydrogen) atoms. The molecule has 0 aromatic heterocycles. The van der Waals surface area contributed by atoms with Crippen molar-refractivity contribution in [1.82, 2.24) is 10.6 Å². The Balaban J connectivity index is 1.60. The third kappa shape index (κ3) is 5.18. The van der Waals surface area contributed by atoms with E-state index in [1.165, 1.54) is 25.3 Å². The first-order valence-corrected chi connectivity index (χ1v) is 8.80. The van der Waals surface area contributed by atoms with E-state index in [9.17, 15) is 9.59 Å². The van der Waals surface area contributed by atoms with Gasteiger partial charge in [0, 0.05) is 25.1 Å². The molecule has 0 spiro atoms. The molecular weight excluding hydrogens is 312 g/mol. The van der Waals surface area contributed by atoms with Crippen LogP contribution in [0.2, 0.25) is 0 Å². The maximum atomic E-state index is 12.6. The summed E-state index contributed by atoms with van der Waals surface area (Å²) in [4.78, 5) is 23.5. The van der Waals surface area contributed by atoms with Crippen LogP contribution in [0.1, 0.15) is 41.3 Å². The zero-order valence-corrected chi connectivity index (χ0v) is 14.5. The van der Waals surface area contributed by atoms with Crippen LogP contribution in [0.25, 0.3) is 0 Å². The number of carbonyl (C=O) groups excluding carboxylic acids is 2. The second kappa shape index (κ2) is 7.97. The van der Waals surface area contributed by atoms with Crippen LogP contribution >= 0.6 is 0 Å². The van der Waals surface area contributed by atoms with E-state index in [1.54, 1.807) is 0 Å². The largest absolute Gasteiger partial charge is 0.352 e. The number of nitrogens with one attached hydrogen (secondary N) is 2. The van der Waals surface area contributed by atoms with Crippen LogP contribution < -0.4 is 10.6 Å². The van der Waals surface area contributed by atoms with Crippen LogP contribution in [0, 0.1) is 5.92 Å². The first kappa shape index (κ1) is 17.2. The molecule has 1 fully saturated rings. The minimum atomic E-state index is -0.0602. The van der Waals surface area contributed by atoms with E-state index in [4.69, 9.17) is 0 Å². The molecule has 2 N–H and O–H groups in total. The first-order valence-electron chi connectivity index (χ1n) is 8.80. The Labute approximate surface area is 148 Å². The summed E-state index contributed by atoms with van der Waals surface area (Å²) in [7, 11) is 0. The summed E-state index contributed by atoms with van der Waals surface area (Å²) in [5.41, 5.74) is 2.89. The fourth-order valence-electron chi connectivity index (χ4n) is 2.95. The maximum absolute atomic E-state index is 12.6. The lowest BCUT2D eigenvalue weighted by Gasteiger charge is -2.18. The van der Waals surface area contributed by atoms with Gasteiger partial charge in [-0.1, -0.05) is 42.5 Å². The number of hydrogen-bond donors (Lipinski definition) is 2. The Bertz CT molecular complexity index is 721. The topological polar surface area (TPSA) is 58.2 Å². The molecule has 1 aliphatic carbocycles. The molecule has 0 bridgehead atoms. The van der Waals surface area contributed by atoms with Crippen molar-refractivity contribution in [2.24, 2.45) is 5.92 Å². The lowest BCUT2D eigenvalue weighted by molar-refractivity contribution is -0.119. The summed E-state index contributed by atoms with van der Waals surface area (Å²) < 4.78 is 0. The SMILES string of the molecule is CC(=O)NCc1ccc(C(=O)N[C@H](Cc2ccccc2)C2CC2)cc1. The van der Waals surface area contributed by atoms with Crippen molar-refractivity contribution in [3.63, 3.8) is 0 Å². The summed E-state index contributed by atoms with van der Waals surface area (Å²) in [6.07, 6.45) is 3.25. The van der Waals surface area contributed by atoms with Gasteiger partial charge in [0.2, 0.25) is 5.91 Å². The summed E-state index contributed by atoms with van der Waals surface area (Å²) in [6.45, 7) is 1.97. The molecule has 4 heteroatoms. The van der Waals surface area contributed by atoms with Gasteiger partial charge in [0.25, 0.3) is 5.91 Å². The van der Waals surface area contributed by atoms with Crippen molar-refractivity contribution in [1.29, 1.82) is 0 Å². The molecule has 0 unspecified atom stereocenters. The van der Waals surface area contributed by atoms with Crippen molar-refractivity contribution < 1.29 is 9.59 Å². The Hall–Kier alpha value is -2.62. The second-order valence-electron chi connectivity index (χ2n) is 6.71. The first-order chi connectivity index (χ1) is 12.1. The normalized spacial score (nSPS) is 14.6. The average molecular weight is 336 g/mol. The van der Waals surface area contributed by atoms with Gasteiger partial charge >= 0.3 is 0 Å². The minimum absolute atomic E-state index is 0.0288. The molecule has 3 rings (SSSR count). The lowest BCUT2D eigenvalue weighted by Crippen LogP contribution is -2.38. The van der Waals surface area contributed by atoms with Gasteiger partial charge in [0.1, 0.15) is 0 Å². The van der Waals surface area contributed by atoms with Crippen molar-refractivity contribution in [3.05, 3.63) is 71.3 Å². The molecular formula is C21H24N2O2. The molecule has 2 aromatic rings. The number of hydrogen-bond acceptors (Lipinski definition) is 2. The molecule has 0 saturated heterocycles.